The maximum atomic E-state index is 11.3. The van der Waals surface area contributed by atoms with Crippen molar-refractivity contribution in [3.05, 3.63) is 50.0 Å². The van der Waals surface area contributed by atoms with E-state index in [1.54, 1.807) is 6.07 Å². The monoisotopic (exact) mass is 240 g/mol. The van der Waals surface area contributed by atoms with Gasteiger partial charge in [-0.25, -0.2) is 4.68 Å². The first-order chi connectivity index (χ1) is 7.59. The van der Waals surface area contributed by atoms with Crippen LogP contribution in [0.2, 0.25) is 5.02 Å². The highest BCUT2D eigenvalue weighted by Crippen LogP contribution is 2.20. The predicted molar refractivity (Wildman–Crippen MR) is 55.8 cm³/mol. The molecule has 8 heteroatoms. The van der Waals surface area contributed by atoms with Crippen molar-refractivity contribution in [3.63, 3.8) is 0 Å². The summed E-state index contributed by atoms with van der Waals surface area (Å²) in [4.78, 5) is 23.7. The van der Waals surface area contributed by atoms with Crippen LogP contribution in [0.3, 0.4) is 0 Å². The molecule has 0 aliphatic rings. The topological polar surface area (TPSA) is 93.8 Å². The van der Waals surface area contributed by atoms with Gasteiger partial charge in [-0.05, 0) is 6.07 Å². The van der Waals surface area contributed by atoms with E-state index in [9.17, 15) is 14.9 Å². The molecule has 7 nitrogen and oxygen atoms in total. The van der Waals surface area contributed by atoms with Crippen molar-refractivity contribution >= 4 is 17.3 Å². The number of pyridine rings is 1. The maximum absolute atomic E-state index is 11.3. The van der Waals surface area contributed by atoms with Crippen molar-refractivity contribution in [1.29, 1.82) is 0 Å². The first kappa shape index (κ1) is 10.4. The molecule has 2 aromatic rings. The van der Waals surface area contributed by atoms with E-state index in [2.05, 4.69) is 10.1 Å². The van der Waals surface area contributed by atoms with Crippen molar-refractivity contribution in [1.82, 2.24) is 14.8 Å². The summed E-state index contributed by atoms with van der Waals surface area (Å²) in [6.07, 6.45) is 2.92. The van der Waals surface area contributed by atoms with E-state index >= 15 is 0 Å². The molecule has 0 fully saturated rings. The number of nitro groups is 1. The van der Waals surface area contributed by atoms with Crippen LogP contribution in [0.15, 0.2) is 29.3 Å². The lowest BCUT2D eigenvalue weighted by atomic mass is 10.4. The van der Waals surface area contributed by atoms with Gasteiger partial charge in [0, 0.05) is 18.5 Å². The Kier molecular flexibility index (Phi) is 2.45. The molecule has 0 bridgehead atoms. The molecule has 0 aromatic carbocycles. The minimum Gasteiger partial charge on any atom is -0.300 e. The number of rotatable bonds is 2. The number of aromatic nitrogens is 3. The first-order valence-electron chi connectivity index (χ1n) is 4.17. The third-order valence-electron chi connectivity index (χ3n) is 1.89. The lowest BCUT2D eigenvalue weighted by Gasteiger charge is -2.02. The number of nitrogens with zero attached hydrogens (tertiary/aromatic N) is 3. The summed E-state index contributed by atoms with van der Waals surface area (Å²) in [5.74, 6) is -0.0237. The fourth-order valence-corrected chi connectivity index (χ4v) is 1.35. The van der Waals surface area contributed by atoms with Crippen molar-refractivity contribution in [2.45, 2.75) is 0 Å². The van der Waals surface area contributed by atoms with E-state index in [4.69, 9.17) is 11.6 Å². The molecule has 0 unspecified atom stereocenters. The summed E-state index contributed by atoms with van der Waals surface area (Å²) in [6.45, 7) is 0. The fourth-order valence-electron chi connectivity index (χ4n) is 1.20. The molecule has 0 radical (unpaired) electrons. The van der Waals surface area contributed by atoms with E-state index in [0.29, 0.717) is 0 Å². The summed E-state index contributed by atoms with van der Waals surface area (Å²) in [5, 5.41) is 14.3. The first-order valence-corrected chi connectivity index (χ1v) is 4.54. The number of halogens is 1. The summed E-state index contributed by atoms with van der Waals surface area (Å²) in [6, 6.07) is 2.58. The van der Waals surface area contributed by atoms with Crippen molar-refractivity contribution < 1.29 is 4.92 Å². The van der Waals surface area contributed by atoms with Gasteiger partial charge in [0.2, 0.25) is 5.82 Å². The molecule has 0 saturated heterocycles. The van der Waals surface area contributed by atoms with Crippen LogP contribution < -0.4 is 5.56 Å². The largest absolute Gasteiger partial charge is 0.313 e. The van der Waals surface area contributed by atoms with Gasteiger partial charge < -0.3 is 0 Å². The van der Waals surface area contributed by atoms with Gasteiger partial charge in [-0.1, -0.05) is 11.6 Å². The van der Waals surface area contributed by atoms with Crippen LogP contribution in [-0.2, 0) is 0 Å². The van der Waals surface area contributed by atoms with Crippen LogP contribution in [0.4, 0.5) is 5.69 Å². The van der Waals surface area contributed by atoms with Gasteiger partial charge in [0.05, 0.1) is 4.92 Å². The van der Waals surface area contributed by atoms with Gasteiger partial charge >= 0.3 is 5.69 Å². The molecule has 0 aliphatic heterocycles. The van der Waals surface area contributed by atoms with E-state index in [-0.39, 0.29) is 16.5 Å². The van der Waals surface area contributed by atoms with Crippen LogP contribution in [0.25, 0.3) is 5.82 Å². The third kappa shape index (κ3) is 1.68. The summed E-state index contributed by atoms with van der Waals surface area (Å²) >= 11 is 5.51. The van der Waals surface area contributed by atoms with Gasteiger partial charge in [-0.15, -0.1) is 0 Å². The minimum atomic E-state index is -0.640. The summed E-state index contributed by atoms with van der Waals surface area (Å²) < 4.78 is 1.19. The average Bonchev–Trinajstić information content (AvgIpc) is 2.74. The molecular formula is C8H5ClN4O3. The molecular weight excluding hydrogens is 236 g/mol. The molecule has 0 amide bonds. The Morgan fingerprint density at radius 3 is 2.88 bits per heavy atom. The standard InChI is InChI=1S/C8H5ClN4O3/c9-5-4-6(13(15)16)7(11-8(5)14)12-3-1-2-10-12/h1-4H,(H,11,14). The Morgan fingerprint density at radius 1 is 1.56 bits per heavy atom. The second-order valence-electron chi connectivity index (χ2n) is 2.89. The van der Waals surface area contributed by atoms with Crippen LogP contribution in [-0.4, -0.2) is 19.7 Å². The van der Waals surface area contributed by atoms with Gasteiger partial charge in [-0.2, -0.15) is 5.10 Å². The highest BCUT2D eigenvalue weighted by molar-refractivity contribution is 6.30. The van der Waals surface area contributed by atoms with Crippen molar-refractivity contribution in [3.8, 4) is 5.82 Å². The van der Waals surface area contributed by atoms with E-state index in [1.807, 2.05) is 0 Å². The average molecular weight is 241 g/mol. The smallest absolute Gasteiger partial charge is 0.300 e. The molecule has 0 aliphatic carbocycles. The molecule has 1 N–H and O–H groups in total. The van der Waals surface area contributed by atoms with Crippen LogP contribution >= 0.6 is 11.6 Å². The van der Waals surface area contributed by atoms with Crippen LogP contribution in [0.5, 0.6) is 0 Å². The number of hydrogen-bond donors (Lipinski definition) is 1. The van der Waals surface area contributed by atoms with Gasteiger partial charge in [0.15, 0.2) is 0 Å². The second kappa shape index (κ2) is 3.78. The number of H-pyrrole nitrogens is 1. The molecule has 0 atom stereocenters. The molecule has 16 heavy (non-hydrogen) atoms. The zero-order valence-electron chi connectivity index (χ0n) is 7.75. The van der Waals surface area contributed by atoms with E-state index in [1.165, 1.54) is 17.1 Å². The summed E-state index contributed by atoms with van der Waals surface area (Å²) in [5.41, 5.74) is -0.911. The van der Waals surface area contributed by atoms with Crippen molar-refractivity contribution in [2.75, 3.05) is 0 Å². The highest BCUT2D eigenvalue weighted by Gasteiger charge is 2.18. The lowest BCUT2D eigenvalue weighted by molar-refractivity contribution is -0.384. The molecule has 2 heterocycles. The summed E-state index contributed by atoms with van der Waals surface area (Å²) in [7, 11) is 0. The minimum absolute atomic E-state index is 0.0237. The fraction of sp³-hybridized carbons (Fsp3) is 0. The van der Waals surface area contributed by atoms with Gasteiger partial charge in [-0.3, -0.25) is 19.9 Å². The zero-order valence-corrected chi connectivity index (χ0v) is 8.51. The third-order valence-corrected chi connectivity index (χ3v) is 2.17. The predicted octanol–water partition coefficient (Wildman–Crippen LogP) is 1.12. The quantitative estimate of drug-likeness (QED) is 0.629. The highest BCUT2D eigenvalue weighted by atomic mass is 35.5. The zero-order chi connectivity index (χ0) is 11.7. The van der Waals surface area contributed by atoms with Crippen LogP contribution in [0.1, 0.15) is 0 Å². The lowest BCUT2D eigenvalue weighted by Crippen LogP contribution is -2.13. The Morgan fingerprint density at radius 2 is 2.31 bits per heavy atom. The number of nitrogens with one attached hydrogen (secondary N) is 1. The molecule has 0 spiro atoms. The number of aromatic amines is 1. The molecule has 2 aromatic heterocycles. The Balaban J connectivity index is 2.73. The second-order valence-corrected chi connectivity index (χ2v) is 3.30. The number of hydrogen-bond acceptors (Lipinski definition) is 4. The van der Waals surface area contributed by atoms with Crippen molar-refractivity contribution in [2.24, 2.45) is 0 Å². The van der Waals surface area contributed by atoms with Crippen LogP contribution in [0, 0.1) is 10.1 Å². The van der Waals surface area contributed by atoms with Gasteiger partial charge in [0.25, 0.3) is 5.56 Å². The normalized spacial score (nSPS) is 10.3. The van der Waals surface area contributed by atoms with Gasteiger partial charge in [0.1, 0.15) is 5.02 Å². The Labute approximate surface area is 93.4 Å². The Hall–Kier alpha value is -2.15. The molecule has 2 rings (SSSR count). The SMILES string of the molecule is O=c1[nH]c(-n2cccn2)c([N+](=O)[O-])cc1Cl. The molecule has 82 valence electrons. The molecule has 0 saturated carbocycles. The van der Waals surface area contributed by atoms with E-state index in [0.717, 1.165) is 6.07 Å². The maximum Gasteiger partial charge on any atom is 0.313 e. The Bertz CT molecular complexity index is 590. The van der Waals surface area contributed by atoms with E-state index < -0.39 is 10.5 Å².